The standard InChI is InChI=1S/C29H58O3Si/c1-26(2,3)33(9,10)32-25-16-13-21-29(8)23(17-18-24(25)29)22(14-11-19-27(4,5)30)15-12-20-28(6,7)31/h22-25,30-31H,11-21H2,1-10H3. The number of fused-ring (bicyclic) bond motifs is 1. The summed E-state index contributed by atoms with van der Waals surface area (Å²) in [5, 5.41) is 20.8. The average molecular weight is 483 g/mol. The zero-order chi connectivity index (χ0) is 25.3. The summed E-state index contributed by atoms with van der Waals surface area (Å²) in [5.74, 6) is 2.13. The van der Waals surface area contributed by atoms with Gasteiger partial charge >= 0.3 is 0 Å². The monoisotopic (exact) mass is 482 g/mol. The van der Waals surface area contributed by atoms with Gasteiger partial charge in [0.25, 0.3) is 0 Å². The van der Waals surface area contributed by atoms with Crippen LogP contribution < -0.4 is 0 Å². The first-order chi connectivity index (χ1) is 14.9. The van der Waals surface area contributed by atoms with E-state index in [9.17, 15) is 10.2 Å². The second-order valence-corrected chi connectivity index (χ2v) is 19.5. The molecule has 0 aliphatic heterocycles. The van der Waals surface area contributed by atoms with Crippen molar-refractivity contribution in [2.45, 2.75) is 161 Å². The van der Waals surface area contributed by atoms with Gasteiger partial charge in [0.15, 0.2) is 8.32 Å². The van der Waals surface area contributed by atoms with Crippen LogP contribution >= 0.6 is 0 Å². The Morgan fingerprint density at radius 2 is 1.39 bits per heavy atom. The minimum Gasteiger partial charge on any atom is -0.414 e. The summed E-state index contributed by atoms with van der Waals surface area (Å²) >= 11 is 0. The molecule has 4 heteroatoms. The van der Waals surface area contributed by atoms with Crippen LogP contribution in [0.15, 0.2) is 0 Å². The molecule has 0 aromatic heterocycles. The lowest BCUT2D eigenvalue weighted by molar-refractivity contribution is -0.0259. The summed E-state index contributed by atoms with van der Waals surface area (Å²) in [6.07, 6.45) is 13.3. The molecule has 0 saturated heterocycles. The Hall–Kier alpha value is 0.0969. The Kier molecular flexibility index (Phi) is 9.43. The second kappa shape index (κ2) is 10.6. The Labute approximate surface area is 207 Å². The first-order valence-electron chi connectivity index (χ1n) is 14.0. The Morgan fingerprint density at radius 1 is 0.879 bits per heavy atom. The summed E-state index contributed by atoms with van der Waals surface area (Å²) in [6.45, 7) is 22.3. The van der Waals surface area contributed by atoms with Crippen LogP contribution in [0, 0.1) is 23.2 Å². The van der Waals surface area contributed by atoms with Crippen LogP contribution in [0.25, 0.3) is 0 Å². The lowest BCUT2D eigenvalue weighted by atomic mass is 9.60. The maximum absolute atomic E-state index is 10.3. The molecule has 2 fully saturated rings. The smallest absolute Gasteiger partial charge is 0.192 e. The minimum absolute atomic E-state index is 0.260. The van der Waals surface area contributed by atoms with Gasteiger partial charge in [-0.25, -0.2) is 0 Å². The molecule has 2 aliphatic carbocycles. The van der Waals surface area contributed by atoms with Crippen molar-refractivity contribution in [3.05, 3.63) is 0 Å². The van der Waals surface area contributed by atoms with Crippen LogP contribution in [0.5, 0.6) is 0 Å². The number of rotatable bonds is 11. The molecule has 2 N–H and O–H groups in total. The summed E-state index contributed by atoms with van der Waals surface area (Å²) in [6, 6.07) is 0. The highest BCUT2D eigenvalue weighted by Crippen LogP contribution is 2.60. The third kappa shape index (κ3) is 8.05. The largest absolute Gasteiger partial charge is 0.414 e. The van der Waals surface area contributed by atoms with Gasteiger partial charge in [-0.05, 0) is 108 Å². The molecule has 2 rings (SSSR count). The van der Waals surface area contributed by atoms with E-state index in [1.54, 1.807) is 0 Å². The van der Waals surface area contributed by atoms with Crippen LogP contribution in [0.4, 0.5) is 0 Å². The van der Waals surface area contributed by atoms with Crippen molar-refractivity contribution in [3.63, 3.8) is 0 Å². The SMILES string of the molecule is CC(C)(O)CCCC(CCCC(C)(C)O)C1CCC2C(O[Si](C)(C)C(C)(C)C)CCCC12C. The third-order valence-corrected chi connectivity index (χ3v) is 14.2. The quantitative estimate of drug-likeness (QED) is 0.292. The number of aliphatic hydroxyl groups is 2. The summed E-state index contributed by atoms with van der Waals surface area (Å²) in [7, 11) is -1.77. The van der Waals surface area contributed by atoms with Crippen molar-refractivity contribution in [1.82, 2.24) is 0 Å². The molecule has 0 radical (unpaired) electrons. The summed E-state index contributed by atoms with van der Waals surface area (Å²) < 4.78 is 7.07. The zero-order valence-corrected chi connectivity index (χ0v) is 24.9. The Balaban J connectivity index is 2.16. The first-order valence-corrected chi connectivity index (χ1v) is 16.9. The predicted octanol–water partition coefficient (Wildman–Crippen LogP) is 8.09. The third-order valence-electron chi connectivity index (χ3n) is 9.68. The van der Waals surface area contributed by atoms with Crippen LogP contribution in [0.1, 0.15) is 126 Å². The molecule has 2 aliphatic rings. The van der Waals surface area contributed by atoms with Crippen molar-refractivity contribution in [3.8, 4) is 0 Å². The van der Waals surface area contributed by atoms with E-state index in [4.69, 9.17) is 4.43 Å². The van der Waals surface area contributed by atoms with Crippen LogP contribution in [-0.2, 0) is 4.43 Å². The van der Waals surface area contributed by atoms with Crippen molar-refractivity contribution in [2.75, 3.05) is 0 Å². The Bertz CT molecular complexity index is 590. The van der Waals surface area contributed by atoms with Crippen molar-refractivity contribution in [2.24, 2.45) is 23.2 Å². The number of hydrogen-bond donors (Lipinski definition) is 2. The maximum Gasteiger partial charge on any atom is 0.192 e. The van der Waals surface area contributed by atoms with Gasteiger partial charge in [-0.2, -0.15) is 0 Å². The lowest BCUT2D eigenvalue weighted by Gasteiger charge is -2.50. The maximum atomic E-state index is 10.3. The van der Waals surface area contributed by atoms with E-state index in [1.165, 1.54) is 44.9 Å². The molecular formula is C29H58O3Si. The minimum atomic E-state index is -1.77. The highest BCUT2D eigenvalue weighted by atomic mass is 28.4. The van der Waals surface area contributed by atoms with Gasteiger partial charge in [-0.3, -0.25) is 0 Å². The molecule has 4 atom stereocenters. The fraction of sp³-hybridized carbons (Fsp3) is 1.00. The Morgan fingerprint density at radius 3 is 1.85 bits per heavy atom. The number of hydrogen-bond acceptors (Lipinski definition) is 3. The van der Waals surface area contributed by atoms with Gasteiger partial charge in [0.1, 0.15) is 0 Å². The van der Waals surface area contributed by atoms with E-state index < -0.39 is 19.5 Å². The fourth-order valence-electron chi connectivity index (χ4n) is 6.77. The molecule has 0 amide bonds. The molecule has 0 aromatic rings. The van der Waals surface area contributed by atoms with Crippen molar-refractivity contribution < 1.29 is 14.6 Å². The molecule has 0 spiro atoms. The van der Waals surface area contributed by atoms with Gasteiger partial charge in [0.05, 0.1) is 11.2 Å². The predicted molar refractivity (Wildman–Crippen MR) is 144 cm³/mol. The summed E-state index contributed by atoms with van der Waals surface area (Å²) in [5.41, 5.74) is -0.779. The van der Waals surface area contributed by atoms with E-state index in [-0.39, 0.29) is 5.04 Å². The van der Waals surface area contributed by atoms with Crippen LogP contribution in [-0.4, -0.2) is 35.8 Å². The molecule has 2 saturated carbocycles. The van der Waals surface area contributed by atoms with Gasteiger partial charge in [0.2, 0.25) is 0 Å². The van der Waals surface area contributed by atoms with E-state index in [2.05, 4.69) is 40.8 Å². The zero-order valence-electron chi connectivity index (χ0n) is 23.9. The molecule has 0 bridgehead atoms. The van der Waals surface area contributed by atoms with E-state index in [0.29, 0.717) is 23.4 Å². The molecule has 0 aromatic carbocycles. The van der Waals surface area contributed by atoms with E-state index >= 15 is 0 Å². The van der Waals surface area contributed by atoms with Crippen molar-refractivity contribution in [1.29, 1.82) is 0 Å². The molecule has 0 heterocycles. The second-order valence-electron chi connectivity index (χ2n) is 14.8. The molecule has 33 heavy (non-hydrogen) atoms. The van der Waals surface area contributed by atoms with E-state index in [0.717, 1.165) is 31.6 Å². The van der Waals surface area contributed by atoms with Crippen LogP contribution in [0.3, 0.4) is 0 Å². The van der Waals surface area contributed by atoms with Gasteiger partial charge < -0.3 is 14.6 Å². The average Bonchev–Trinajstić information content (AvgIpc) is 2.95. The summed E-state index contributed by atoms with van der Waals surface area (Å²) in [4.78, 5) is 0. The van der Waals surface area contributed by atoms with Crippen molar-refractivity contribution >= 4 is 8.32 Å². The highest BCUT2D eigenvalue weighted by Gasteiger charge is 2.54. The van der Waals surface area contributed by atoms with Gasteiger partial charge in [-0.15, -0.1) is 0 Å². The molecule has 4 unspecified atom stereocenters. The van der Waals surface area contributed by atoms with Crippen LogP contribution in [0.2, 0.25) is 18.1 Å². The molecular weight excluding hydrogens is 424 g/mol. The topological polar surface area (TPSA) is 49.7 Å². The lowest BCUT2D eigenvalue weighted by Crippen LogP contribution is -2.50. The van der Waals surface area contributed by atoms with Gasteiger partial charge in [-0.1, -0.05) is 59.8 Å². The van der Waals surface area contributed by atoms with Gasteiger partial charge in [0, 0.05) is 6.10 Å². The fourth-order valence-corrected chi connectivity index (χ4v) is 8.16. The normalized spacial score (nSPS) is 29.5. The molecule has 196 valence electrons. The first kappa shape index (κ1) is 29.3. The van der Waals surface area contributed by atoms with E-state index in [1.807, 2.05) is 27.7 Å². The highest BCUT2D eigenvalue weighted by molar-refractivity contribution is 6.74. The molecule has 3 nitrogen and oxygen atoms in total.